The summed E-state index contributed by atoms with van der Waals surface area (Å²) in [5, 5.41) is 2.71. The summed E-state index contributed by atoms with van der Waals surface area (Å²) in [5.74, 6) is -0.430. The topological polar surface area (TPSA) is 42.0 Å². The number of carbonyl (C=O) groups is 1. The normalized spacial score (nSPS) is 12.8. The SMILES string of the molecule is C[C@@H](NC(=O)c1ccc(C(F)(F)F)cc1)c1cccnc1. The number of halogens is 3. The molecule has 2 aromatic rings. The Balaban J connectivity index is 2.07. The molecule has 0 saturated carbocycles. The van der Waals surface area contributed by atoms with Gasteiger partial charge in [-0.25, -0.2) is 0 Å². The van der Waals surface area contributed by atoms with Gasteiger partial charge in [-0.2, -0.15) is 13.2 Å². The van der Waals surface area contributed by atoms with Gasteiger partial charge in [0.2, 0.25) is 0 Å². The highest BCUT2D eigenvalue weighted by Crippen LogP contribution is 2.29. The Morgan fingerprint density at radius 1 is 1.19 bits per heavy atom. The Morgan fingerprint density at radius 2 is 1.86 bits per heavy atom. The van der Waals surface area contributed by atoms with Crippen molar-refractivity contribution < 1.29 is 18.0 Å². The van der Waals surface area contributed by atoms with E-state index in [0.29, 0.717) is 0 Å². The average molecular weight is 294 g/mol. The second kappa shape index (κ2) is 5.95. The molecule has 0 aliphatic carbocycles. The summed E-state index contributed by atoms with van der Waals surface area (Å²) in [4.78, 5) is 15.9. The molecule has 0 aliphatic rings. The van der Waals surface area contributed by atoms with Crippen molar-refractivity contribution >= 4 is 5.91 Å². The van der Waals surface area contributed by atoms with Crippen LogP contribution in [0.4, 0.5) is 13.2 Å². The van der Waals surface area contributed by atoms with Gasteiger partial charge < -0.3 is 5.32 Å². The summed E-state index contributed by atoms with van der Waals surface area (Å²) in [6.45, 7) is 1.78. The van der Waals surface area contributed by atoms with Gasteiger partial charge in [0.25, 0.3) is 5.91 Å². The first-order valence-electron chi connectivity index (χ1n) is 6.26. The number of aromatic nitrogens is 1. The van der Waals surface area contributed by atoms with Crippen LogP contribution in [-0.2, 0) is 6.18 Å². The zero-order valence-corrected chi connectivity index (χ0v) is 11.2. The Morgan fingerprint density at radius 3 is 2.38 bits per heavy atom. The Bertz CT molecular complexity index is 609. The first kappa shape index (κ1) is 15.0. The smallest absolute Gasteiger partial charge is 0.345 e. The van der Waals surface area contributed by atoms with Gasteiger partial charge in [-0.3, -0.25) is 9.78 Å². The van der Waals surface area contributed by atoms with E-state index in [0.717, 1.165) is 29.8 Å². The van der Waals surface area contributed by atoms with Crippen LogP contribution < -0.4 is 5.32 Å². The zero-order chi connectivity index (χ0) is 15.5. The van der Waals surface area contributed by atoms with E-state index in [1.807, 2.05) is 6.07 Å². The van der Waals surface area contributed by atoms with E-state index in [9.17, 15) is 18.0 Å². The molecule has 1 aromatic heterocycles. The molecule has 110 valence electrons. The van der Waals surface area contributed by atoms with E-state index in [4.69, 9.17) is 0 Å². The second-order valence-electron chi connectivity index (χ2n) is 4.56. The van der Waals surface area contributed by atoms with Crippen LogP contribution in [0.25, 0.3) is 0 Å². The van der Waals surface area contributed by atoms with Crippen LogP contribution >= 0.6 is 0 Å². The summed E-state index contributed by atoms with van der Waals surface area (Å²) in [5.41, 5.74) is 0.218. The molecule has 6 heteroatoms. The maximum Gasteiger partial charge on any atom is 0.416 e. The number of pyridine rings is 1. The maximum atomic E-state index is 12.4. The number of amides is 1. The fraction of sp³-hybridized carbons (Fsp3) is 0.200. The van der Waals surface area contributed by atoms with E-state index < -0.39 is 17.6 Å². The first-order chi connectivity index (χ1) is 9.88. The number of carbonyl (C=O) groups excluding carboxylic acids is 1. The van der Waals surface area contributed by atoms with E-state index in [-0.39, 0.29) is 11.6 Å². The van der Waals surface area contributed by atoms with E-state index in [1.54, 1.807) is 25.4 Å². The van der Waals surface area contributed by atoms with Crippen molar-refractivity contribution in [2.75, 3.05) is 0 Å². The molecule has 1 amide bonds. The lowest BCUT2D eigenvalue weighted by atomic mass is 10.1. The van der Waals surface area contributed by atoms with Crippen molar-refractivity contribution in [1.29, 1.82) is 0 Å². The van der Waals surface area contributed by atoms with Crippen LogP contribution in [0.1, 0.15) is 34.5 Å². The third kappa shape index (κ3) is 3.81. The molecule has 0 radical (unpaired) electrons. The minimum atomic E-state index is -4.40. The van der Waals surface area contributed by atoms with Gasteiger partial charge in [0.1, 0.15) is 0 Å². The highest BCUT2D eigenvalue weighted by Gasteiger charge is 2.30. The molecule has 0 aliphatic heterocycles. The van der Waals surface area contributed by atoms with Crippen LogP contribution in [0.3, 0.4) is 0 Å². The number of rotatable bonds is 3. The van der Waals surface area contributed by atoms with Crippen LogP contribution in [-0.4, -0.2) is 10.9 Å². The van der Waals surface area contributed by atoms with E-state index in [2.05, 4.69) is 10.3 Å². The Kier molecular flexibility index (Phi) is 4.26. The van der Waals surface area contributed by atoms with Crippen LogP contribution in [0.15, 0.2) is 48.8 Å². The minimum absolute atomic E-state index is 0.179. The molecular formula is C15H13F3N2O. The maximum absolute atomic E-state index is 12.4. The summed E-state index contributed by atoms with van der Waals surface area (Å²) in [6, 6.07) is 7.38. The molecule has 21 heavy (non-hydrogen) atoms. The quantitative estimate of drug-likeness (QED) is 0.940. The van der Waals surface area contributed by atoms with E-state index >= 15 is 0 Å². The van der Waals surface area contributed by atoms with Crippen molar-refractivity contribution in [3.8, 4) is 0 Å². The summed E-state index contributed by atoms with van der Waals surface area (Å²) in [6.07, 6.45) is -1.16. The molecule has 0 unspecified atom stereocenters. The average Bonchev–Trinajstić information content (AvgIpc) is 2.47. The number of hydrogen-bond donors (Lipinski definition) is 1. The van der Waals surface area contributed by atoms with Gasteiger partial charge in [0, 0.05) is 18.0 Å². The third-order valence-electron chi connectivity index (χ3n) is 3.01. The fourth-order valence-corrected chi connectivity index (χ4v) is 1.81. The lowest BCUT2D eigenvalue weighted by Gasteiger charge is -2.14. The van der Waals surface area contributed by atoms with E-state index in [1.165, 1.54) is 0 Å². The number of benzene rings is 1. The predicted octanol–water partition coefficient (Wildman–Crippen LogP) is 3.59. The molecule has 1 heterocycles. The molecule has 0 bridgehead atoms. The van der Waals surface area contributed by atoms with Crippen molar-refractivity contribution in [2.45, 2.75) is 19.1 Å². The summed E-state index contributed by atoms with van der Waals surface area (Å²) >= 11 is 0. The standard InChI is InChI=1S/C15H13F3N2O/c1-10(12-3-2-8-19-9-12)20-14(21)11-4-6-13(7-5-11)15(16,17)18/h2-10H,1H3,(H,20,21)/t10-/m1/s1. The van der Waals surface area contributed by atoms with Crippen LogP contribution in [0.2, 0.25) is 0 Å². The van der Waals surface area contributed by atoms with Crippen molar-refractivity contribution in [1.82, 2.24) is 10.3 Å². The minimum Gasteiger partial charge on any atom is -0.345 e. The number of nitrogens with one attached hydrogen (secondary N) is 1. The third-order valence-corrected chi connectivity index (χ3v) is 3.01. The van der Waals surface area contributed by atoms with Gasteiger partial charge in [0.15, 0.2) is 0 Å². The summed E-state index contributed by atoms with van der Waals surface area (Å²) in [7, 11) is 0. The monoisotopic (exact) mass is 294 g/mol. The van der Waals surface area contributed by atoms with Gasteiger partial charge >= 0.3 is 6.18 Å². The molecular weight excluding hydrogens is 281 g/mol. The van der Waals surface area contributed by atoms with Gasteiger partial charge in [-0.05, 0) is 42.8 Å². The number of alkyl halides is 3. The Labute approximate surface area is 119 Å². The molecule has 0 fully saturated rings. The molecule has 0 saturated heterocycles. The van der Waals surface area contributed by atoms with Crippen molar-refractivity contribution in [2.24, 2.45) is 0 Å². The molecule has 1 N–H and O–H groups in total. The molecule has 3 nitrogen and oxygen atoms in total. The fourth-order valence-electron chi connectivity index (χ4n) is 1.81. The largest absolute Gasteiger partial charge is 0.416 e. The Hall–Kier alpha value is -2.37. The van der Waals surface area contributed by atoms with Crippen molar-refractivity contribution in [3.63, 3.8) is 0 Å². The molecule has 0 spiro atoms. The lowest BCUT2D eigenvalue weighted by Crippen LogP contribution is -2.26. The summed E-state index contributed by atoms with van der Waals surface area (Å²) < 4.78 is 37.3. The highest BCUT2D eigenvalue weighted by atomic mass is 19.4. The first-order valence-corrected chi connectivity index (χ1v) is 6.26. The van der Waals surface area contributed by atoms with Gasteiger partial charge in [-0.1, -0.05) is 6.07 Å². The zero-order valence-electron chi connectivity index (χ0n) is 11.2. The molecule has 1 atom stereocenters. The second-order valence-corrected chi connectivity index (χ2v) is 4.56. The highest BCUT2D eigenvalue weighted by molar-refractivity contribution is 5.94. The molecule has 2 rings (SSSR count). The van der Waals surface area contributed by atoms with Gasteiger partial charge in [0.05, 0.1) is 11.6 Å². The van der Waals surface area contributed by atoms with Crippen molar-refractivity contribution in [3.05, 3.63) is 65.5 Å². The van der Waals surface area contributed by atoms with Gasteiger partial charge in [-0.15, -0.1) is 0 Å². The lowest BCUT2D eigenvalue weighted by molar-refractivity contribution is -0.137. The number of hydrogen-bond acceptors (Lipinski definition) is 2. The molecule has 1 aromatic carbocycles. The number of nitrogens with zero attached hydrogens (tertiary/aromatic N) is 1. The predicted molar refractivity (Wildman–Crippen MR) is 71.6 cm³/mol. The van der Waals surface area contributed by atoms with Crippen LogP contribution in [0, 0.1) is 0 Å². The van der Waals surface area contributed by atoms with Crippen LogP contribution in [0.5, 0.6) is 0 Å².